The number of nitrogens with zero attached hydrogens (tertiary/aromatic N) is 2. The van der Waals surface area contributed by atoms with E-state index in [0.29, 0.717) is 18.1 Å². The van der Waals surface area contributed by atoms with Crippen LogP contribution in [0, 0.1) is 0 Å². The summed E-state index contributed by atoms with van der Waals surface area (Å²) in [6, 6.07) is 7.08. The van der Waals surface area contributed by atoms with Gasteiger partial charge in [0.05, 0.1) is 13.0 Å². The summed E-state index contributed by atoms with van der Waals surface area (Å²) in [6.45, 7) is 0.208. The van der Waals surface area contributed by atoms with Crippen molar-refractivity contribution in [3.63, 3.8) is 0 Å². The number of rotatable bonds is 3. The first-order chi connectivity index (χ1) is 9.85. The normalized spacial score (nSPS) is 17.0. The highest BCUT2D eigenvalue weighted by Crippen LogP contribution is 2.19. The second-order valence-electron chi connectivity index (χ2n) is 5.04. The first-order valence-electron chi connectivity index (χ1n) is 6.65. The molecule has 3 nitrogen and oxygen atoms in total. The second-order valence-corrected chi connectivity index (χ2v) is 5.45. The molecule has 116 valence electrons. The molecule has 0 aliphatic carbocycles. The molecule has 1 aliphatic heterocycles. The fourth-order valence-corrected chi connectivity index (χ4v) is 2.53. The topological polar surface area (TPSA) is 23.6 Å². The van der Waals surface area contributed by atoms with Gasteiger partial charge in [-0.1, -0.05) is 29.8 Å². The highest BCUT2D eigenvalue weighted by molar-refractivity contribution is 6.31. The summed E-state index contributed by atoms with van der Waals surface area (Å²) in [7, 11) is 0. The molecule has 1 heterocycles. The predicted octanol–water partition coefficient (Wildman–Crippen LogP) is 2.59. The van der Waals surface area contributed by atoms with Crippen molar-refractivity contribution in [1.29, 1.82) is 0 Å². The Balaban J connectivity index is 1.85. The minimum Gasteiger partial charge on any atom is -0.340 e. The maximum atomic E-state index is 12.3. The van der Waals surface area contributed by atoms with Gasteiger partial charge in [0.25, 0.3) is 0 Å². The molecule has 1 aliphatic rings. The first-order valence-corrected chi connectivity index (χ1v) is 7.03. The van der Waals surface area contributed by atoms with Crippen LogP contribution in [0.4, 0.5) is 13.2 Å². The Morgan fingerprint density at radius 2 is 1.76 bits per heavy atom. The Hall–Kier alpha value is -1.27. The molecule has 1 fully saturated rings. The van der Waals surface area contributed by atoms with Gasteiger partial charge in [0, 0.05) is 31.2 Å². The lowest BCUT2D eigenvalue weighted by molar-refractivity contribution is -0.151. The molecule has 0 N–H and O–H groups in total. The summed E-state index contributed by atoms with van der Waals surface area (Å²) in [5, 5.41) is 0.529. The molecule has 21 heavy (non-hydrogen) atoms. The van der Waals surface area contributed by atoms with Crippen molar-refractivity contribution in [1.82, 2.24) is 9.80 Å². The van der Waals surface area contributed by atoms with Gasteiger partial charge in [-0.2, -0.15) is 13.2 Å². The molecule has 7 heteroatoms. The number of hydrogen-bond acceptors (Lipinski definition) is 2. The molecular formula is C14H16ClF3N2O. The molecule has 0 aromatic heterocycles. The zero-order chi connectivity index (χ0) is 15.5. The number of piperazine rings is 1. The van der Waals surface area contributed by atoms with E-state index in [1.807, 2.05) is 0 Å². The van der Waals surface area contributed by atoms with Crippen molar-refractivity contribution in [2.75, 3.05) is 32.7 Å². The number of amides is 1. The lowest BCUT2D eigenvalue weighted by atomic mass is 10.1. The average molecular weight is 321 g/mol. The van der Waals surface area contributed by atoms with E-state index in [0.717, 1.165) is 5.56 Å². The monoisotopic (exact) mass is 320 g/mol. The largest absolute Gasteiger partial charge is 0.401 e. The third-order valence-electron chi connectivity index (χ3n) is 3.43. The number of carbonyl (C=O) groups excluding carboxylic acids is 1. The van der Waals surface area contributed by atoms with Crippen LogP contribution < -0.4 is 0 Å². The smallest absolute Gasteiger partial charge is 0.340 e. The minimum atomic E-state index is -4.19. The Morgan fingerprint density at radius 3 is 2.33 bits per heavy atom. The molecular weight excluding hydrogens is 305 g/mol. The van der Waals surface area contributed by atoms with Crippen LogP contribution in [0.25, 0.3) is 0 Å². The number of carbonyl (C=O) groups is 1. The van der Waals surface area contributed by atoms with Crippen LogP contribution in [-0.4, -0.2) is 54.6 Å². The third-order valence-corrected chi connectivity index (χ3v) is 3.80. The Bertz CT molecular complexity index is 499. The van der Waals surface area contributed by atoms with Crippen LogP contribution >= 0.6 is 11.6 Å². The summed E-state index contributed by atoms with van der Waals surface area (Å²) < 4.78 is 36.9. The van der Waals surface area contributed by atoms with Crippen molar-refractivity contribution in [2.45, 2.75) is 12.6 Å². The van der Waals surface area contributed by atoms with Crippen LogP contribution in [0.5, 0.6) is 0 Å². The Labute approximate surface area is 126 Å². The molecule has 0 spiro atoms. The third kappa shape index (κ3) is 4.89. The van der Waals surface area contributed by atoms with Gasteiger partial charge in [0.1, 0.15) is 0 Å². The van der Waals surface area contributed by atoms with Gasteiger partial charge in [-0.25, -0.2) is 0 Å². The Kier molecular flexibility index (Phi) is 5.11. The maximum Gasteiger partial charge on any atom is 0.401 e. The molecule has 0 saturated carbocycles. The first kappa shape index (κ1) is 16.1. The van der Waals surface area contributed by atoms with E-state index in [2.05, 4.69) is 0 Å². The SMILES string of the molecule is O=C(Cc1ccccc1Cl)N1CCN(CC(F)(F)F)CC1. The molecule has 0 radical (unpaired) electrons. The van der Waals surface area contributed by atoms with Crippen LogP contribution in [0.3, 0.4) is 0 Å². The van der Waals surface area contributed by atoms with E-state index in [9.17, 15) is 18.0 Å². The number of hydrogen-bond donors (Lipinski definition) is 0. The second kappa shape index (κ2) is 6.66. The van der Waals surface area contributed by atoms with E-state index < -0.39 is 12.7 Å². The average Bonchev–Trinajstić information content (AvgIpc) is 2.40. The van der Waals surface area contributed by atoms with Gasteiger partial charge in [-0.05, 0) is 11.6 Å². The Morgan fingerprint density at radius 1 is 1.14 bits per heavy atom. The highest BCUT2D eigenvalue weighted by atomic mass is 35.5. The van der Waals surface area contributed by atoms with Crippen molar-refractivity contribution < 1.29 is 18.0 Å². The zero-order valence-electron chi connectivity index (χ0n) is 11.4. The molecule has 1 aromatic carbocycles. The number of halogens is 4. The summed E-state index contributed by atoms with van der Waals surface area (Å²) in [4.78, 5) is 15.1. The number of alkyl halides is 3. The lowest BCUT2D eigenvalue weighted by Crippen LogP contribution is -2.51. The van der Waals surface area contributed by atoms with Gasteiger partial charge in [0.2, 0.25) is 5.91 Å². The van der Waals surface area contributed by atoms with Crippen molar-refractivity contribution in [3.05, 3.63) is 34.9 Å². The maximum absolute atomic E-state index is 12.3. The van der Waals surface area contributed by atoms with E-state index in [1.165, 1.54) is 4.90 Å². The van der Waals surface area contributed by atoms with E-state index in [-0.39, 0.29) is 25.4 Å². The minimum absolute atomic E-state index is 0.102. The fraction of sp³-hybridized carbons (Fsp3) is 0.500. The summed E-state index contributed by atoms with van der Waals surface area (Å²) in [5.41, 5.74) is 0.738. The lowest BCUT2D eigenvalue weighted by Gasteiger charge is -2.35. The molecule has 1 aromatic rings. The molecule has 1 amide bonds. The zero-order valence-corrected chi connectivity index (χ0v) is 12.1. The van der Waals surface area contributed by atoms with E-state index in [4.69, 9.17) is 11.6 Å². The predicted molar refractivity (Wildman–Crippen MR) is 74.2 cm³/mol. The molecule has 0 atom stereocenters. The fourth-order valence-electron chi connectivity index (χ4n) is 2.33. The standard InChI is InChI=1S/C14H16ClF3N2O/c15-12-4-2-1-3-11(12)9-13(21)20-7-5-19(6-8-20)10-14(16,17)18/h1-4H,5-10H2. The van der Waals surface area contributed by atoms with Crippen LogP contribution in [0.15, 0.2) is 24.3 Å². The van der Waals surface area contributed by atoms with Crippen LogP contribution in [0.1, 0.15) is 5.56 Å². The summed E-state index contributed by atoms with van der Waals surface area (Å²) >= 11 is 6.00. The van der Waals surface area contributed by atoms with Gasteiger partial charge < -0.3 is 4.90 Å². The van der Waals surface area contributed by atoms with E-state index in [1.54, 1.807) is 29.2 Å². The van der Waals surface area contributed by atoms with Crippen LogP contribution in [-0.2, 0) is 11.2 Å². The van der Waals surface area contributed by atoms with E-state index >= 15 is 0 Å². The molecule has 0 bridgehead atoms. The number of benzene rings is 1. The van der Waals surface area contributed by atoms with Crippen molar-refractivity contribution >= 4 is 17.5 Å². The highest BCUT2D eigenvalue weighted by Gasteiger charge is 2.32. The molecule has 0 unspecified atom stereocenters. The molecule has 1 saturated heterocycles. The summed E-state index contributed by atoms with van der Waals surface area (Å²) in [5.74, 6) is -0.102. The van der Waals surface area contributed by atoms with Gasteiger partial charge in [-0.3, -0.25) is 9.69 Å². The summed E-state index contributed by atoms with van der Waals surface area (Å²) in [6.07, 6.45) is -4.01. The van der Waals surface area contributed by atoms with Gasteiger partial charge in [0.15, 0.2) is 0 Å². The molecule has 2 rings (SSSR count). The quantitative estimate of drug-likeness (QED) is 0.854. The van der Waals surface area contributed by atoms with Crippen molar-refractivity contribution in [3.8, 4) is 0 Å². The van der Waals surface area contributed by atoms with Crippen LogP contribution in [0.2, 0.25) is 5.02 Å². The van der Waals surface area contributed by atoms with Crippen molar-refractivity contribution in [2.24, 2.45) is 0 Å². The van der Waals surface area contributed by atoms with Gasteiger partial charge in [-0.15, -0.1) is 0 Å². The van der Waals surface area contributed by atoms with Gasteiger partial charge >= 0.3 is 6.18 Å².